The van der Waals surface area contributed by atoms with Crippen LogP contribution in [-0.4, -0.2) is 21.8 Å². The molecular weight excluding hydrogens is 374 g/mol. The van der Waals surface area contributed by atoms with Crippen LogP contribution in [0, 0.1) is 0 Å². The molecule has 1 aliphatic carbocycles. The Balaban J connectivity index is 1.75. The zero-order valence-corrected chi connectivity index (χ0v) is 14.9. The van der Waals surface area contributed by atoms with E-state index in [2.05, 4.69) is 10.3 Å². The Morgan fingerprint density at radius 2 is 1.72 bits per heavy atom. The summed E-state index contributed by atoms with van der Waals surface area (Å²) < 4.78 is 5.83. The van der Waals surface area contributed by atoms with Gasteiger partial charge in [0.05, 0.1) is 5.56 Å². The average Bonchev–Trinajstić information content (AvgIpc) is 3.06. The lowest BCUT2D eigenvalue weighted by molar-refractivity contribution is -0.169. The summed E-state index contributed by atoms with van der Waals surface area (Å²) in [5.41, 5.74) is 4.25. The van der Waals surface area contributed by atoms with E-state index in [1.807, 2.05) is 0 Å². The van der Waals surface area contributed by atoms with E-state index in [1.54, 1.807) is 30.3 Å². The number of aromatic amines is 1. The number of anilines is 1. The summed E-state index contributed by atoms with van der Waals surface area (Å²) in [5.74, 6) is -3.27. The van der Waals surface area contributed by atoms with Crippen LogP contribution in [0.2, 0.25) is 0 Å². The lowest BCUT2D eigenvalue weighted by Crippen LogP contribution is -2.60. The number of amides is 1. The number of rotatable bonds is 2. The summed E-state index contributed by atoms with van der Waals surface area (Å²) in [6, 6.07) is 15.3. The Labute approximate surface area is 163 Å². The van der Waals surface area contributed by atoms with Gasteiger partial charge in [-0.3, -0.25) is 14.4 Å². The molecule has 8 heteroatoms. The molecule has 2 heterocycles. The quantitative estimate of drug-likeness (QED) is 0.484. The molecule has 2 aliphatic rings. The first-order valence-electron chi connectivity index (χ1n) is 8.85. The Morgan fingerprint density at radius 1 is 1.00 bits per heavy atom. The van der Waals surface area contributed by atoms with Crippen molar-refractivity contribution in [1.29, 1.82) is 0 Å². The second kappa shape index (κ2) is 5.55. The number of benzene rings is 2. The van der Waals surface area contributed by atoms with Gasteiger partial charge in [0, 0.05) is 22.9 Å². The third-order valence-electron chi connectivity index (χ3n) is 5.40. The molecule has 0 spiro atoms. The highest BCUT2D eigenvalue weighted by molar-refractivity contribution is 6.15. The van der Waals surface area contributed by atoms with Gasteiger partial charge in [0.1, 0.15) is 11.4 Å². The van der Waals surface area contributed by atoms with Crippen molar-refractivity contribution in [3.8, 4) is 5.75 Å². The molecule has 29 heavy (non-hydrogen) atoms. The number of nitrogens with two attached hydrogens (primary N) is 1. The molecule has 2 unspecified atom stereocenters. The highest BCUT2D eigenvalue weighted by Crippen LogP contribution is 2.58. The number of ketones is 1. The maximum Gasteiger partial charge on any atom is 0.271 e. The van der Waals surface area contributed by atoms with E-state index in [0.717, 1.165) is 0 Å². The normalized spacial score (nSPS) is 23.7. The number of aliphatic hydroxyl groups is 1. The molecule has 0 radical (unpaired) electrons. The van der Waals surface area contributed by atoms with Crippen LogP contribution in [0.15, 0.2) is 65.5 Å². The Hall–Kier alpha value is -3.91. The van der Waals surface area contributed by atoms with Gasteiger partial charge in [-0.1, -0.05) is 36.4 Å². The molecule has 0 fully saturated rings. The number of para-hydroxylation sites is 1. The SMILES string of the molecule is Nc1cccc2c1C(=O)C1(NC(=O)c3cccc(=O)[nH]3)c3ccccc3OC21O. The van der Waals surface area contributed by atoms with Crippen LogP contribution in [-0.2, 0) is 11.3 Å². The molecule has 3 aromatic rings. The third kappa shape index (κ3) is 2.03. The summed E-state index contributed by atoms with van der Waals surface area (Å²) in [6.07, 6.45) is 0. The predicted octanol–water partition coefficient (Wildman–Crippen LogP) is 1.02. The molecule has 5 rings (SSSR count). The minimum Gasteiger partial charge on any atom is -0.454 e. The van der Waals surface area contributed by atoms with Crippen LogP contribution in [0.25, 0.3) is 0 Å². The number of nitrogen functional groups attached to an aromatic ring is 1. The van der Waals surface area contributed by atoms with Gasteiger partial charge in [-0.15, -0.1) is 0 Å². The first kappa shape index (κ1) is 17.2. The van der Waals surface area contributed by atoms with Crippen molar-refractivity contribution in [2.24, 2.45) is 0 Å². The topological polar surface area (TPSA) is 135 Å². The molecule has 5 N–H and O–H groups in total. The molecule has 2 atom stereocenters. The fourth-order valence-electron chi connectivity index (χ4n) is 4.14. The number of pyridine rings is 1. The van der Waals surface area contributed by atoms with E-state index < -0.39 is 28.6 Å². The number of fused-ring (bicyclic) bond motifs is 5. The molecule has 0 bridgehead atoms. The Kier molecular flexibility index (Phi) is 3.30. The van der Waals surface area contributed by atoms with Crippen LogP contribution in [0.4, 0.5) is 5.69 Å². The molecule has 144 valence electrons. The van der Waals surface area contributed by atoms with Crippen molar-refractivity contribution in [2.45, 2.75) is 11.3 Å². The van der Waals surface area contributed by atoms with E-state index in [-0.39, 0.29) is 28.3 Å². The molecule has 8 nitrogen and oxygen atoms in total. The first-order valence-corrected chi connectivity index (χ1v) is 8.85. The summed E-state index contributed by atoms with van der Waals surface area (Å²) in [6.45, 7) is 0. The van der Waals surface area contributed by atoms with E-state index in [0.29, 0.717) is 5.56 Å². The van der Waals surface area contributed by atoms with Gasteiger partial charge in [-0.25, -0.2) is 0 Å². The van der Waals surface area contributed by atoms with Crippen LogP contribution in [0.3, 0.4) is 0 Å². The highest BCUT2D eigenvalue weighted by atomic mass is 16.6. The summed E-state index contributed by atoms with van der Waals surface area (Å²) in [5, 5.41) is 14.2. The number of hydrogen-bond acceptors (Lipinski definition) is 6. The van der Waals surface area contributed by atoms with Gasteiger partial charge in [-0.2, -0.15) is 0 Å². The molecule has 0 saturated heterocycles. The van der Waals surface area contributed by atoms with E-state index in [1.165, 1.54) is 30.3 Å². The van der Waals surface area contributed by atoms with Gasteiger partial charge in [0.2, 0.25) is 16.9 Å². The van der Waals surface area contributed by atoms with Crippen LogP contribution in [0.5, 0.6) is 5.75 Å². The third-order valence-corrected chi connectivity index (χ3v) is 5.40. The lowest BCUT2D eigenvalue weighted by atomic mass is 9.83. The van der Waals surface area contributed by atoms with Crippen LogP contribution < -0.4 is 21.3 Å². The van der Waals surface area contributed by atoms with Crippen molar-refractivity contribution in [2.75, 3.05) is 5.73 Å². The second-order valence-corrected chi connectivity index (χ2v) is 6.97. The van der Waals surface area contributed by atoms with E-state index in [4.69, 9.17) is 10.5 Å². The molecule has 0 saturated carbocycles. The van der Waals surface area contributed by atoms with E-state index >= 15 is 0 Å². The lowest BCUT2D eigenvalue weighted by Gasteiger charge is -2.34. The van der Waals surface area contributed by atoms with Crippen molar-refractivity contribution in [3.05, 3.63) is 93.4 Å². The van der Waals surface area contributed by atoms with Crippen molar-refractivity contribution >= 4 is 17.4 Å². The summed E-state index contributed by atoms with van der Waals surface area (Å²) >= 11 is 0. The summed E-state index contributed by atoms with van der Waals surface area (Å²) in [4.78, 5) is 40.6. The number of Topliss-reactive ketones (excluding diaryl/α,β-unsaturated/α-hetero) is 1. The van der Waals surface area contributed by atoms with Gasteiger partial charge < -0.3 is 25.9 Å². The fraction of sp³-hybridized carbons (Fsp3) is 0.0952. The maximum atomic E-state index is 13.6. The zero-order chi connectivity index (χ0) is 20.4. The Bertz CT molecular complexity index is 1270. The molecule has 1 aliphatic heterocycles. The second-order valence-electron chi connectivity index (χ2n) is 6.97. The molecule has 2 aromatic carbocycles. The number of ether oxygens (including phenoxy) is 1. The monoisotopic (exact) mass is 389 g/mol. The Morgan fingerprint density at radius 3 is 2.52 bits per heavy atom. The minimum absolute atomic E-state index is 0.0599. The predicted molar refractivity (Wildman–Crippen MR) is 102 cm³/mol. The number of aromatic nitrogens is 1. The number of carbonyl (C=O) groups excluding carboxylic acids is 2. The van der Waals surface area contributed by atoms with Crippen molar-refractivity contribution in [3.63, 3.8) is 0 Å². The molecule has 1 aromatic heterocycles. The highest BCUT2D eigenvalue weighted by Gasteiger charge is 2.72. The summed E-state index contributed by atoms with van der Waals surface area (Å²) in [7, 11) is 0. The van der Waals surface area contributed by atoms with Gasteiger partial charge >= 0.3 is 0 Å². The van der Waals surface area contributed by atoms with Crippen LogP contribution in [0.1, 0.15) is 32.0 Å². The molecule has 1 amide bonds. The van der Waals surface area contributed by atoms with E-state index in [9.17, 15) is 19.5 Å². The van der Waals surface area contributed by atoms with Gasteiger partial charge in [0.15, 0.2) is 0 Å². The zero-order valence-electron chi connectivity index (χ0n) is 14.9. The number of carbonyl (C=O) groups is 2. The van der Waals surface area contributed by atoms with Crippen molar-refractivity contribution < 1.29 is 19.4 Å². The average molecular weight is 389 g/mol. The minimum atomic E-state index is -2.19. The molecular formula is C21H15N3O5. The van der Waals surface area contributed by atoms with Gasteiger partial charge in [-0.05, 0) is 18.2 Å². The largest absolute Gasteiger partial charge is 0.454 e. The van der Waals surface area contributed by atoms with Crippen LogP contribution >= 0.6 is 0 Å². The number of H-pyrrole nitrogens is 1. The fourth-order valence-corrected chi connectivity index (χ4v) is 4.14. The number of hydrogen-bond donors (Lipinski definition) is 4. The maximum absolute atomic E-state index is 13.6. The van der Waals surface area contributed by atoms with Crippen molar-refractivity contribution in [1.82, 2.24) is 10.3 Å². The smallest absolute Gasteiger partial charge is 0.271 e. The number of nitrogens with one attached hydrogen (secondary N) is 2. The first-order chi connectivity index (χ1) is 13.9. The standard InChI is InChI=1S/C21H15N3O5/c22-13-7-3-6-12-17(13)18(26)20(24-19(27)14-8-4-10-16(25)23-14)11-5-1-2-9-15(11)29-21(12,20)28/h1-10,28H,22H2,(H,23,25)(H,24,27). The van der Waals surface area contributed by atoms with Gasteiger partial charge in [0.25, 0.3) is 11.7 Å².